The van der Waals surface area contributed by atoms with Crippen molar-refractivity contribution in [3.8, 4) is 11.5 Å². The van der Waals surface area contributed by atoms with Gasteiger partial charge in [-0.1, -0.05) is 6.07 Å². The van der Waals surface area contributed by atoms with Crippen LogP contribution in [0.2, 0.25) is 0 Å². The van der Waals surface area contributed by atoms with Crippen LogP contribution in [-0.4, -0.2) is 25.5 Å². The lowest BCUT2D eigenvalue weighted by atomic mass is 10.1. The fourth-order valence-corrected chi connectivity index (χ4v) is 1.45. The molecule has 0 aliphatic carbocycles. The van der Waals surface area contributed by atoms with E-state index in [1.807, 2.05) is 12.1 Å². The molecule has 0 saturated carbocycles. The topological polar surface area (TPSA) is 63.2 Å². The molecule has 0 unspecified atom stereocenters. The maximum atomic E-state index is 10.9. The molecule has 1 aromatic carbocycles. The Morgan fingerprint density at radius 2 is 2.00 bits per heavy atom. The van der Waals surface area contributed by atoms with Gasteiger partial charge in [-0.2, -0.15) is 0 Å². The van der Waals surface area contributed by atoms with Gasteiger partial charge < -0.3 is 15.2 Å². The zero-order valence-corrected chi connectivity index (χ0v) is 10.1. The number of halogens is 1. The van der Waals surface area contributed by atoms with Crippen LogP contribution >= 0.6 is 11.6 Å². The van der Waals surface area contributed by atoms with Crippen LogP contribution in [0.3, 0.4) is 0 Å². The van der Waals surface area contributed by atoms with Crippen LogP contribution < -0.4 is 15.2 Å². The van der Waals surface area contributed by atoms with E-state index in [4.69, 9.17) is 21.1 Å². The van der Waals surface area contributed by atoms with Crippen LogP contribution in [0.1, 0.15) is 5.56 Å². The summed E-state index contributed by atoms with van der Waals surface area (Å²) in [6.07, 6.45) is 0.489. The molecular weight excluding hydrogens is 230 g/mol. The Hall–Kier alpha value is -1.26. The van der Waals surface area contributed by atoms with Crippen LogP contribution in [0.4, 0.5) is 0 Å². The first kappa shape index (κ1) is 12.8. The lowest BCUT2D eigenvalue weighted by Crippen LogP contribution is -2.64. The third-order valence-corrected chi connectivity index (χ3v) is 2.56. The van der Waals surface area contributed by atoms with Crippen molar-refractivity contribution in [2.24, 2.45) is 0 Å². The van der Waals surface area contributed by atoms with Crippen LogP contribution in [0, 0.1) is 0 Å². The normalized spacial score (nSPS) is 12.0. The summed E-state index contributed by atoms with van der Waals surface area (Å²) in [5, 5.41) is -0.435. The number of hydrogen-bond donors (Lipinski definition) is 1. The molecule has 0 aromatic heterocycles. The van der Waals surface area contributed by atoms with E-state index < -0.39 is 11.3 Å². The molecule has 0 aliphatic heterocycles. The second kappa shape index (κ2) is 5.72. The zero-order chi connectivity index (χ0) is 12.1. The number of quaternary nitrogens is 1. The second-order valence-corrected chi connectivity index (χ2v) is 3.77. The molecule has 0 amide bonds. The number of carbonyl (C=O) groups is 1. The predicted octanol–water partition coefficient (Wildman–Crippen LogP) is 0.622. The number of ether oxygens (including phenoxy) is 2. The van der Waals surface area contributed by atoms with Crippen LogP contribution in [0.25, 0.3) is 0 Å². The van der Waals surface area contributed by atoms with Crippen molar-refractivity contribution in [3.63, 3.8) is 0 Å². The quantitative estimate of drug-likeness (QED) is 0.773. The number of methoxy groups -OCH3 is 2. The van der Waals surface area contributed by atoms with Gasteiger partial charge in [-0.3, -0.25) is 4.79 Å². The third kappa shape index (κ3) is 3.12. The van der Waals surface area contributed by atoms with Gasteiger partial charge in [0.1, 0.15) is 0 Å². The number of benzene rings is 1. The molecule has 0 aliphatic rings. The Morgan fingerprint density at radius 1 is 1.38 bits per heavy atom. The molecule has 16 heavy (non-hydrogen) atoms. The van der Waals surface area contributed by atoms with Gasteiger partial charge in [-0.25, -0.2) is 0 Å². The average molecular weight is 245 g/mol. The molecule has 4 nitrogen and oxygen atoms in total. The summed E-state index contributed by atoms with van der Waals surface area (Å²) in [5.74, 6) is 1.29. The molecule has 0 radical (unpaired) electrons. The highest BCUT2D eigenvalue weighted by Crippen LogP contribution is 2.27. The van der Waals surface area contributed by atoms with Crippen molar-refractivity contribution < 1.29 is 20.0 Å². The average Bonchev–Trinajstić information content (AvgIpc) is 2.28. The fraction of sp³-hybridized carbons (Fsp3) is 0.364. The number of carbonyl (C=O) groups excluding carboxylic acids is 1. The highest BCUT2D eigenvalue weighted by molar-refractivity contribution is 6.64. The number of hydrogen-bond acceptors (Lipinski definition) is 3. The summed E-state index contributed by atoms with van der Waals surface area (Å²) >= 11 is 5.35. The molecule has 88 valence electrons. The maximum Gasteiger partial charge on any atom is 0.279 e. The van der Waals surface area contributed by atoms with E-state index in [2.05, 4.69) is 5.73 Å². The van der Waals surface area contributed by atoms with Crippen molar-refractivity contribution in [1.82, 2.24) is 0 Å². The SMILES string of the molecule is COc1ccc(C[C@H]([NH3+])C(=O)Cl)cc1OC. The first-order valence-electron chi connectivity index (χ1n) is 4.81. The molecule has 5 heteroatoms. The Balaban J connectivity index is 2.86. The molecule has 1 atom stereocenters. The Morgan fingerprint density at radius 3 is 2.50 bits per heavy atom. The number of rotatable bonds is 5. The van der Waals surface area contributed by atoms with Gasteiger partial charge in [0.25, 0.3) is 5.24 Å². The maximum absolute atomic E-state index is 10.9. The van der Waals surface area contributed by atoms with Crippen LogP contribution in [0.5, 0.6) is 11.5 Å². The van der Waals surface area contributed by atoms with Gasteiger partial charge in [-0.15, -0.1) is 0 Å². The van der Waals surface area contributed by atoms with E-state index in [0.717, 1.165) is 5.56 Å². The highest BCUT2D eigenvalue weighted by atomic mass is 35.5. The van der Waals surface area contributed by atoms with Gasteiger partial charge in [-0.05, 0) is 29.3 Å². The minimum atomic E-state index is -0.445. The molecule has 0 saturated heterocycles. The summed E-state index contributed by atoms with van der Waals surface area (Å²) in [6, 6.07) is 5.02. The molecule has 1 rings (SSSR count). The molecule has 0 fully saturated rings. The second-order valence-electron chi connectivity index (χ2n) is 3.39. The van der Waals surface area contributed by atoms with Gasteiger partial charge in [0.15, 0.2) is 17.5 Å². The van der Waals surface area contributed by atoms with E-state index in [9.17, 15) is 4.79 Å². The monoisotopic (exact) mass is 244 g/mol. The minimum absolute atomic E-state index is 0.435. The summed E-state index contributed by atoms with van der Waals surface area (Å²) in [7, 11) is 3.14. The first-order chi connectivity index (χ1) is 7.58. The van der Waals surface area contributed by atoms with E-state index in [0.29, 0.717) is 17.9 Å². The van der Waals surface area contributed by atoms with Crippen LogP contribution in [0.15, 0.2) is 18.2 Å². The van der Waals surface area contributed by atoms with Gasteiger partial charge in [0.2, 0.25) is 0 Å². The zero-order valence-electron chi connectivity index (χ0n) is 9.33. The van der Waals surface area contributed by atoms with E-state index in [1.54, 1.807) is 20.3 Å². The molecule has 1 aromatic rings. The van der Waals surface area contributed by atoms with E-state index in [1.165, 1.54) is 0 Å². The summed E-state index contributed by atoms with van der Waals surface area (Å²) in [6.45, 7) is 0. The Bertz CT molecular complexity index is 381. The Labute approximate surface area is 99.3 Å². The molecule has 0 spiro atoms. The van der Waals surface area contributed by atoms with Crippen molar-refractivity contribution in [1.29, 1.82) is 0 Å². The summed E-state index contributed by atoms with van der Waals surface area (Å²) in [5.41, 5.74) is 4.61. The molecule has 0 bridgehead atoms. The molecule has 0 heterocycles. The largest absolute Gasteiger partial charge is 0.493 e. The molecular formula is C11H15ClNO3+. The predicted molar refractivity (Wildman–Crippen MR) is 60.8 cm³/mol. The van der Waals surface area contributed by atoms with Crippen molar-refractivity contribution in [2.45, 2.75) is 12.5 Å². The molecule has 3 N–H and O–H groups in total. The summed E-state index contributed by atoms with van der Waals surface area (Å²) in [4.78, 5) is 10.9. The fourth-order valence-electron chi connectivity index (χ4n) is 1.37. The van der Waals surface area contributed by atoms with Crippen molar-refractivity contribution in [3.05, 3.63) is 23.8 Å². The lowest BCUT2D eigenvalue weighted by Gasteiger charge is -2.10. The van der Waals surface area contributed by atoms with Crippen molar-refractivity contribution >= 4 is 16.8 Å². The van der Waals surface area contributed by atoms with E-state index in [-0.39, 0.29) is 0 Å². The van der Waals surface area contributed by atoms with E-state index >= 15 is 0 Å². The smallest absolute Gasteiger partial charge is 0.279 e. The highest BCUT2D eigenvalue weighted by Gasteiger charge is 2.16. The summed E-state index contributed by atoms with van der Waals surface area (Å²) < 4.78 is 10.3. The van der Waals surface area contributed by atoms with Crippen LogP contribution in [-0.2, 0) is 11.2 Å². The van der Waals surface area contributed by atoms with Gasteiger partial charge in [0.05, 0.1) is 14.2 Å². The standard InChI is InChI=1S/C11H14ClNO3/c1-15-9-4-3-7(6-10(9)16-2)5-8(13)11(12)14/h3-4,6,8H,5,13H2,1-2H3/p+1/t8-/m0/s1. The van der Waals surface area contributed by atoms with Gasteiger partial charge in [0, 0.05) is 6.42 Å². The lowest BCUT2D eigenvalue weighted by molar-refractivity contribution is -0.400. The van der Waals surface area contributed by atoms with Crippen molar-refractivity contribution in [2.75, 3.05) is 14.2 Å². The van der Waals surface area contributed by atoms with Gasteiger partial charge >= 0.3 is 0 Å². The Kier molecular flexibility index (Phi) is 4.58. The first-order valence-corrected chi connectivity index (χ1v) is 5.19. The third-order valence-electron chi connectivity index (χ3n) is 2.25. The minimum Gasteiger partial charge on any atom is -0.493 e.